The van der Waals surface area contributed by atoms with E-state index in [0.717, 1.165) is 11.0 Å². The SMILES string of the molecule is COC(=O)c1ccc2[nH]cc(C3(c4c[nH]c5ccc(C(=O)OC)cc45)Nc4ccccc4C3=O)c2c1. The van der Waals surface area contributed by atoms with Crippen molar-refractivity contribution >= 4 is 45.2 Å². The van der Waals surface area contributed by atoms with Crippen LogP contribution in [0.25, 0.3) is 21.8 Å². The Balaban J connectivity index is 1.67. The van der Waals surface area contributed by atoms with Gasteiger partial charge in [-0.1, -0.05) is 12.1 Å². The van der Waals surface area contributed by atoms with E-state index >= 15 is 0 Å². The van der Waals surface area contributed by atoms with E-state index < -0.39 is 17.5 Å². The third-order valence-electron chi connectivity index (χ3n) is 6.85. The number of rotatable bonds is 4. The zero-order valence-electron chi connectivity index (χ0n) is 19.5. The first-order valence-corrected chi connectivity index (χ1v) is 11.3. The van der Waals surface area contributed by atoms with Gasteiger partial charge in [0, 0.05) is 56.6 Å². The number of aromatic amines is 2. The summed E-state index contributed by atoms with van der Waals surface area (Å²) in [5, 5.41) is 4.89. The van der Waals surface area contributed by atoms with Crippen molar-refractivity contribution in [3.8, 4) is 0 Å². The number of benzene rings is 3. The molecule has 0 bridgehead atoms. The number of ether oxygens (including phenoxy) is 2. The molecule has 0 saturated heterocycles. The number of carbonyl (C=O) groups excluding carboxylic acids is 3. The fourth-order valence-corrected chi connectivity index (χ4v) is 5.13. The van der Waals surface area contributed by atoms with Gasteiger partial charge in [0.1, 0.15) is 0 Å². The number of hydrogen-bond acceptors (Lipinski definition) is 6. The van der Waals surface area contributed by atoms with Crippen LogP contribution >= 0.6 is 0 Å². The van der Waals surface area contributed by atoms with Crippen molar-refractivity contribution in [3.63, 3.8) is 0 Å². The van der Waals surface area contributed by atoms with Gasteiger partial charge in [-0.15, -0.1) is 0 Å². The molecule has 8 nitrogen and oxygen atoms in total. The quantitative estimate of drug-likeness (QED) is 0.320. The lowest BCUT2D eigenvalue weighted by Crippen LogP contribution is -2.39. The summed E-state index contributed by atoms with van der Waals surface area (Å²) in [7, 11) is 2.66. The summed E-state index contributed by atoms with van der Waals surface area (Å²) >= 11 is 0. The van der Waals surface area contributed by atoms with E-state index in [1.807, 2.05) is 18.2 Å². The molecule has 0 atom stereocenters. The molecule has 0 spiro atoms. The zero-order valence-corrected chi connectivity index (χ0v) is 19.5. The first-order chi connectivity index (χ1) is 17.5. The molecule has 0 fully saturated rings. The van der Waals surface area contributed by atoms with Crippen LogP contribution in [0.1, 0.15) is 42.2 Å². The molecule has 0 radical (unpaired) electrons. The van der Waals surface area contributed by atoms with Crippen molar-refractivity contribution in [2.24, 2.45) is 0 Å². The molecule has 8 heteroatoms. The number of esters is 2. The molecule has 2 aromatic heterocycles. The molecule has 3 heterocycles. The van der Waals surface area contributed by atoms with Crippen LogP contribution in [0.2, 0.25) is 0 Å². The number of carbonyl (C=O) groups is 3. The number of fused-ring (bicyclic) bond motifs is 3. The maximum atomic E-state index is 14.3. The molecule has 178 valence electrons. The maximum absolute atomic E-state index is 14.3. The Morgan fingerprint density at radius 1 is 0.750 bits per heavy atom. The number of Topliss-reactive ketones (excluding diaryl/α,β-unsaturated/α-hetero) is 1. The normalized spacial score (nSPS) is 14.0. The van der Waals surface area contributed by atoms with Crippen LogP contribution in [0.15, 0.2) is 73.1 Å². The predicted octanol–water partition coefficient (Wildman–Crippen LogP) is 4.77. The van der Waals surface area contributed by atoms with E-state index in [0.29, 0.717) is 44.3 Å². The Morgan fingerprint density at radius 3 is 1.78 bits per heavy atom. The van der Waals surface area contributed by atoms with Gasteiger partial charge in [0.05, 0.1) is 25.3 Å². The lowest BCUT2D eigenvalue weighted by atomic mass is 9.79. The summed E-state index contributed by atoms with van der Waals surface area (Å²) in [5.41, 5.74) is 3.47. The van der Waals surface area contributed by atoms with E-state index in [2.05, 4.69) is 15.3 Å². The Labute approximate surface area is 205 Å². The Bertz CT molecular complexity index is 1620. The average Bonchev–Trinajstić information content (AvgIpc) is 3.61. The predicted molar refractivity (Wildman–Crippen MR) is 134 cm³/mol. The first-order valence-electron chi connectivity index (χ1n) is 11.3. The van der Waals surface area contributed by atoms with Crippen LogP contribution in [0, 0.1) is 0 Å². The Morgan fingerprint density at radius 2 is 1.28 bits per heavy atom. The van der Waals surface area contributed by atoms with Gasteiger partial charge in [0.2, 0.25) is 0 Å². The molecular weight excluding hydrogens is 458 g/mol. The van der Waals surface area contributed by atoms with Gasteiger partial charge in [-0.25, -0.2) is 9.59 Å². The van der Waals surface area contributed by atoms with Crippen LogP contribution in [0.5, 0.6) is 0 Å². The summed E-state index contributed by atoms with van der Waals surface area (Å²) in [5.74, 6) is -1.09. The number of ketones is 1. The largest absolute Gasteiger partial charge is 0.465 e. The highest BCUT2D eigenvalue weighted by molar-refractivity contribution is 6.19. The van der Waals surface area contributed by atoms with E-state index in [1.165, 1.54) is 14.2 Å². The van der Waals surface area contributed by atoms with Gasteiger partial charge in [0.25, 0.3) is 0 Å². The van der Waals surface area contributed by atoms with Crippen molar-refractivity contribution in [1.29, 1.82) is 0 Å². The Hall–Kier alpha value is -4.85. The van der Waals surface area contributed by atoms with Crippen molar-refractivity contribution in [1.82, 2.24) is 9.97 Å². The van der Waals surface area contributed by atoms with Gasteiger partial charge in [-0.05, 0) is 48.5 Å². The molecule has 36 heavy (non-hydrogen) atoms. The van der Waals surface area contributed by atoms with Crippen molar-refractivity contribution in [2.45, 2.75) is 5.54 Å². The molecule has 3 N–H and O–H groups in total. The number of hydrogen-bond donors (Lipinski definition) is 3. The molecule has 1 aliphatic heterocycles. The van der Waals surface area contributed by atoms with Gasteiger partial charge in [0.15, 0.2) is 11.3 Å². The number of methoxy groups -OCH3 is 2. The zero-order chi connectivity index (χ0) is 25.0. The lowest BCUT2D eigenvalue weighted by Gasteiger charge is -2.29. The topological polar surface area (TPSA) is 113 Å². The Kier molecular flexibility index (Phi) is 4.72. The molecule has 0 unspecified atom stereocenters. The summed E-state index contributed by atoms with van der Waals surface area (Å²) in [6, 6.07) is 17.7. The molecule has 1 aliphatic rings. The number of para-hydroxylation sites is 1. The highest BCUT2D eigenvalue weighted by Gasteiger charge is 2.50. The molecule has 0 saturated carbocycles. The fraction of sp³-hybridized carbons (Fsp3) is 0.107. The third kappa shape index (κ3) is 2.91. The van der Waals surface area contributed by atoms with Crippen LogP contribution < -0.4 is 5.32 Å². The monoisotopic (exact) mass is 479 g/mol. The van der Waals surface area contributed by atoms with Crippen LogP contribution in [-0.4, -0.2) is 41.9 Å². The molecule has 0 aliphatic carbocycles. The summed E-state index contributed by atoms with van der Waals surface area (Å²) < 4.78 is 9.84. The summed E-state index contributed by atoms with van der Waals surface area (Å²) in [4.78, 5) is 45.4. The van der Waals surface area contributed by atoms with Crippen LogP contribution in [0.4, 0.5) is 5.69 Å². The van der Waals surface area contributed by atoms with Crippen molar-refractivity contribution in [3.05, 3.63) is 101 Å². The van der Waals surface area contributed by atoms with Gasteiger partial charge in [-0.2, -0.15) is 0 Å². The van der Waals surface area contributed by atoms with Gasteiger partial charge < -0.3 is 24.8 Å². The number of aromatic nitrogens is 2. The standard InChI is InChI=1S/C28H21N3O5/c1-35-26(33)15-7-9-22-18(11-15)20(13-29-22)28(25(32)17-5-3-4-6-24(17)31-28)21-14-30-23-10-8-16(12-19(21)23)27(34)36-2/h3-14,29-31H,1-2H3. The molecule has 5 aromatic rings. The van der Waals surface area contributed by atoms with E-state index in [9.17, 15) is 14.4 Å². The molecule has 6 rings (SSSR count). The summed E-state index contributed by atoms with van der Waals surface area (Å²) in [6.45, 7) is 0. The lowest BCUT2D eigenvalue weighted by molar-refractivity contribution is 0.0592. The average molecular weight is 479 g/mol. The number of H-pyrrole nitrogens is 2. The second kappa shape index (κ2) is 7.84. The van der Waals surface area contributed by atoms with E-state index in [4.69, 9.17) is 9.47 Å². The third-order valence-corrected chi connectivity index (χ3v) is 6.85. The van der Waals surface area contributed by atoms with Crippen molar-refractivity contribution in [2.75, 3.05) is 19.5 Å². The second-order valence-electron chi connectivity index (χ2n) is 8.66. The maximum Gasteiger partial charge on any atom is 0.337 e. The minimum absolute atomic E-state index is 0.146. The highest BCUT2D eigenvalue weighted by atomic mass is 16.5. The molecular formula is C28H21N3O5. The molecule has 3 aromatic carbocycles. The van der Waals surface area contributed by atoms with Crippen LogP contribution in [0.3, 0.4) is 0 Å². The van der Waals surface area contributed by atoms with Gasteiger partial charge in [-0.3, -0.25) is 4.79 Å². The second-order valence-corrected chi connectivity index (χ2v) is 8.66. The van der Waals surface area contributed by atoms with Crippen LogP contribution in [-0.2, 0) is 15.0 Å². The smallest absolute Gasteiger partial charge is 0.337 e. The minimum Gasteiger partial charge on any atom is -0.465 e. The first kappa shape index (κ1) is 21.7. The van der Waals surface area contributed by atoms with Gasteiger partial charge >= 0.3 is 11.9 Å². The number of nitrogens with one attached hydrogen (secondary N) is 3. The number of anilines is 1. The fourth-order valence-electron chi connectivity index (χ4n) is 5.13. The minimum atomic E-state index is -1.33. The van der Waals surface area contributed by atoms with E-state index in [-0.39, 0.29) is 5.78 Å². The van der Waals surface area contributed by atoms with Crippen molar-refractivity contribution < 1.29 is 23.9 Å². The molecule has 0 amide bonds. The highest BCUT2D eigenvalue weighted by Crippen LogP contribution is 2.48. The van der Waals surface area contributed by atoms with E-state index in [1.54, 1.807) is 54.9 Å². The summed E-state index contributed by atoms with van der Waals surface area (Å²) in [6.07, 6.45) is 3.57.